The Balaban J connectivity index is 2.45. The van der Waals surface area contributed by atoms with Crippen molar-refractivity contribution in [1.29, 1.82) is 5.41 Å². The molecule has 1 aliphatic rings. The van der Waals surface area contributed by atoms with Crippen LogP contribution in [0, 0.1) is 12.3 Å². The van der Waals surface area contributed by atoms with Crippen LogP contribution in [0.25, 0.3) is 0 Å². The summed E-state index contributed by atoms with van der Waals surface area (Å²) in [6, 6.07) is 6.23. The van der Waals surface area contributed by atoms with Crippen LogP contribution < -0.4 is 10.6 Å². The highest BCUT2D eigenvalue weighted by Crippen LogP contribution is 2.29. The average Bonchev–Trinajstić information content (AvgIpc) is 2.32. The third-order valence-corrected chi connectivity index (χ3v) is 3.42. The van der Waals surface area contributed by atoms with Gasteiger partial charge in [-0.1, -0.05) is 12.1 Å². The van der Waals surface area contributed by atoms with Crippen LogP contribution in [-0.4, -0.2) is 31.1 Å². The molecule has 0 bridgehead atoms. The van der Waals surface area contributed by atoms with Gasteiger partial charge in [-0.3, -0.25) is 5.41 Å². The Morgan fingerprint density at radius 3 is 2.83 bits per heavy atom. The maximum atomic E-state index is 7.73. The highest BCUT2D eigenvalue weighted by Gasteiger charge is 2.26. The summed E-state index contributed by atoms with van der Waals surface area (Å²) in [6.45, 7) is 7.83. The molecule has 98 valence electrons. The molecule has 4 nitrogen and oxygen atoms in total. The van der Waals surface area contributed by atoms with Crippen LogP contribution >= 0.6 is 0 Å². The zero-order chi connectivity index (χ0) is 13.3. The number of ether oxygens (including phenoxy) is 1. The van der Waals surface area contributed by atoms with E-state index < -0.39 is 0 Å². The smallest absolute Gasteiger partial charge is 0.124 e. The lowest BCUT2D eigenvalue weighted by molar-refractivity contribution is 0.0343. The molecule has 1 fully saturated rings. The minimum absolute atomic E-state index is 0.125. The topological polar surface area (TPSA) is 62.3 Å². The first kappa shape index (κ1) is 12.9. The van der Waals surface area contributed by atoms with Gasteiger partial charge in [-0.05, 0) is 32.4 Å². The van der Waals surface area contributed by atoms with Crippen molar-refractivity contribution in [2.75, 3.05) is 18.1 Å². The molecule has 0 amide bonds. The predicted molar refractivity (Wildman–Crippen MR) is 74.4 cm³/mol. The molecule has 1 saturated heterocycles. The van der Waals surface area contributed by atoms with Crippen molar-refractivity contribution >= 4 is 11.5 Å². The quantitative estimate of drug-likeness (QED) is 0.619. The fourth-order valence-corrected chi connectivity index (χ4v) is 2.47. The Labute approximate surface area is 108 Å². The number of morpholine rings is 1. The molecule has 1 aliphatic heterocycles. The van der Waals surface area contributed by atoms with Gasteiger partial charge in [0.15, 0.2) is 0 Å². The number of rotatable bonds is 2. The molecule has 4 heteroatoms. The number of nitrogens with one attached hydrogen (secondary N) is 1. The highest BCUT2D eigenvalue weighted by atomic mass is 16.5. The summed E-state index contributed by atoms with van der Waals surface area (Å²) in [5.74, 6) is 0.125. The van der Waals surface area contributed by atoms with Gasteiger partial charge in [-0.15, -0.1) is 0 Å². The molecule has 2 rings (SSSR count). The van der Waals surface area contributed by atoms with E-state index in [1.54, 1.807) is 0 Å². The Morgan fingerprint density at radius 2 is 2.17 bits per heavy atom. The van der Waals surface area contributed by atoms with Gasteiger partial charge < -0.3 is 15.4 Å². The summed E-state index contributed by atoms with van der Waals surface area (Å²) in [5, 5.41) is 7.73. The SMILES string of the molecule is Cc1cccc(C(=N)N)c1N1CC(C)OCC1C. The Morgan fingerprint density at radius 1 is 1.44 bits per heavy atom. The molecule has 2 unspecified atom stereocenters. The number of hydrogen-bond acceptors (Lipinski definition) is 3. The van der Waals surface area contributed by atoms with Crippen molar-refractivity contribution in [3.05, 3.63) is 29.3 Å². The molecule has 18 heavy (non-hydrogen) atoms. The van der Waals surface area contributed by atoms with Crippen LogP contribution in [0.3, 0.4) is 0 Å². The molecule has 1 aromatic carbocycles. The summed E-state index contributed by atoms with van der Waals surface area (Å²) in [6.07, 6.45) is 0.209. The van der Waals surface area contributed by atoms with E-state index in [0.29, 0.717) is 12.6 Å². The fraction of sp³-hybridized carbons (Fsp3) is 0.500. The molecule has 0 aliphatic carbocycles. The monoisotopic (exact) mass is 247 g/mol. The van der Waals surface area contributed by atoms with Gasteiger partial charge in [0.25, 0.3) is 0 Å². The molecule has 3 N–H and O–H groups in total. The number of hydrogen-bond donors (Lipinski definition) is 2. The van der Waals surface area contributed by atoms with Crippen LogP contribution in [0.4, 0.5) is 5.69 Å². The Hall–Kier alpha value is -1.55. The lowest BCUT2D eigenvalue weighted by Crippen LogP contribution is -2.48. The maximum Gasteiger partial charge on any atom is 0.124 e. The molecule has 0 spiro atoms. The standard InChI is InChI=1S/C14H21N3O/c1-9-5-4-6-12(14(15)16)13(9)17-7-11(3)18-8-10(17)2/h4-6,10-11H,7-8H2,1-3H3,(H3,15,16). The van der Waals surface area contributed by atoms with E-state index in [2.05, 4.69) is 31.7 Å². The summed E-state index contributed by atoms with van der Waals surface area (Å²) < 4.78 is 5.66. The minimum Gasteiger partial charge on any atom is -0.384 e. The number of benzene rings is 1. The van der Waals surface area contributed by atoms with Crippen molar-refractivity contribution in [1.82, 2.24) is 0 Å². The van der Waals surface area contributed by atoms with Gasteiger partial charge in [0.2, 0.25) is 0 Å². The van der Waals surface area contributed by atoms with Crippen molar-refractivity contribution in [3.8, 4) is 0 Å². The van der Waals surface area contributed by atoms with Crippen LogP contribution in [-0.2, 0) is 4.74 Å². The average molecular weight is 247 g/mol. The van der Waals surface area contributed by atoms with Crippen molar-refractivity contribution in [2.24, 2.45) is 5.73 Å². The van der Waals surface area contributed by atoms with Crippen molar-refractivity contribution in [3.63, 3.8) is 0 Å². The number of para-hydroxylation sites is 1. The third kappa shape index (κ3) is 2.34. The van der Waals surface area contributed by atoms with Crippen LogP contribution in [0.15, 0.2) is 18.2 Å². The zero-order valence-electron chi connectivity index (χ0n) is 11.2. The normalized spacial score (nSPS) is 24.1. The molecule has 1 aromatic rings. The largest absolute Gasteiger partial charge is 0.384 e. The number of nitrogen functional groups attached to an aromatic ring is 1. The molecule has 0 aromatic heterocycles. The molecular weight excluding hydrogens is 226 g/mol. The van der Waals surface area contributed by atoms with E-state index in [9.17, 15) is 0 Å². The van der Waals surface area contributed by atoms with Crippen molar-refractivity contribution in [2.45, 2.75) is 32.9 Å². The van der Waals surface area contributed by atoms with Gasteiger partial charge in [0.1, 0.15) is 5.84 Å². The first-order chi connectivity index (χ1) is 8.50. The van der Waals surface area contributed by atoms with E-state index in [1.165, 1.54) is 0 Å². The van der Waals surface area contributed by atoms with Gasteiger partial charge in [-0.2, -0.15) is 0 Å². The van der Waals surface area contributed by atoms with E-state index in [1.807, 2.05) is 12.1 Å². The van der Waals surface area contributed by atoms with Gasteiger partial charge >= 0.3 is 0 Å². The summed E-state index contributed by atoms with van der Waals surface area (Å²) in [5.41, 5.74) is 8.74. The summed E-state index contributed by atoms with van der Waals surface area (Å²) in [4.78, 5) is 2.31. The second kappa shape index (κ2) is 4.98. The Bertz CT molecular complexity index is 458. The number of amidine groups is 1. The van der Waals surface area contributed by atoms with Gasteiger partial charge in [-0.25, -0.2) is 0 Å². The molecule has 2 atom stereocenters. The Kier molecular flexibility index (Phi) is 3.57. The van der Waals surface area contributed by atoms with Crippen LogP contribution in [0.1, 0.15) is 25.0 Å². The molecule has 0 radical (unpaired) electrons. The molecular formula is C14H21N3O. The number of nitrogens with two attached hydrogens (primary N) is 1. The number of aryl methyl sites for hydroxylation is 1. The lowest BCUT2D eigenvalue weighted by Gasteiger charge is -2.40. The van der Waals surface area contributed by atoms with E-state index in [0.717, 1.165) is 23.4 Å². The zero-order valence-corrected chi connectivity index (χ0v) is 11.2. The predicted octanol–water partition coefficient (Wildman–Crippen LogP) is 1.89. The van der Waals surface area contributed by atoms with Crippen LogP contribution in [0.5, 0.6) is 0 Å². The molecule has 1 heterocycles. The molecule has 0 saturated carbocycles. The van der Waals surface area contributed by atoms with E-state index in [-0.39, 0.29) is 11.9 Å². The van der Waals surface area contributed by atoms with Gasteiger partial charge in [0, 0.05) is 18.2 Å². The third-order valence-electron chi connectivity index (χ3n) is 3.42. The second-order valence-corrected chi connectivity index (χ2v) is 5.03. The minimum atomic E-state index is 0.125. The second-order valence-electron chi connectivity index (χ2n) is 5.03. The first-order valence-electron chi connectivity index (χ1n) is 6.33. The van der Waals surface area contributed by atoms with Gasteiger partial charge in [0.05, 0.1) is 18.4 Å². The first-order valence-corrected chi connectivity index (χ1v) is 6.33. The number of nitrogens with zero attached hydrogens (tertiary/aromatic N) is 1. The maximum absolute atomic E-state index is 7.73. The van der Waals surface area contributed by atoms with E-state index in [4.69, 9.17) is 15.9 Å². The summed E-state index contributed by atoms with van der Waals surface area (Å²) in [7, 11) is 0. The highest BCUT2D eigenvalue weighted by molar-refractivity contribution is 6.01. The fourth-order valence-electron chi connectivity index (χ4n) is 2.47. The summed E-state index contributed by atoms with van der Waals surface area (Å²) >= 11 is 0. The van der Waals surface area contributed by atoms with Crippen LogP contribution in [0.2, 0.25) is 0 Å². The number of anilines is 1. The lowest BCUT2D eigenvalue weighted by atomic mass is 10.0. The van der Waals surface area contributed by atoms with Crippen molar-refractivity contribution < 1.29 is 4.74 Å². The van der Waals surface area contributed by atoms with E-state index >= 15 is 0 Å².